The van der Waals surface area contributed by atoms with Crippen molar-refractivity contribution in [2.75, 3.05) is 25.9 Å². The molecule has 0 spiro atoms. The molecular weight excluding hydrogens is 228 g/mol. The van der Waals surface area contributed by atoms with Crippen molar-refractivity contribution in [3.63, 3.8) is 0 Å². The lowest BCUT2D eigenvalue weighted by Crippen LogP contribution is -2.39. The first kappa shape index (κ1) is 15.3. The summed E-state index contributed by atoms with van der Waals surface area (Å²) in [6.07, 6.45) is 5.39. The average molecular weight is 258 g/mol. The molecule has 0 aromatic rings. The van der Waals surface area contributed by atoms with Crippen molar-refractivity contribution in [1.82, 2.24) is 10.2 Å². The summed E-state index contributed by atoms with van der Waals surface area (Å²) in [5.41, 5.74) is 0. The van der Waals surface area contributed by atoms with Crippen LogP contribution in [0, 0.1) is 0 Å². The van der Waals surface area contributed by atoms with Gasteiger partial charge in [-0.3, -0.25) is 0 Å². The highest BCUT2D eigenvalue weighted by molar-refractivity contribution is 7.99. The second-order valence-corrected chi connectivity index (χ2v) is 7.05. The molecule has 1 aliphatic rings. The molecule has 2 nitrogen and oxygen atoms in total. The minimum absolute atomic E-state index is 0.678. The fourth-order valence-corrected chi connectivity index (χ4v) is 3.39. The lowest BCUT2D eigenvalue weighted by molar-refractivity contribution is 0.267. The minimum Gasteiger partial charge on any atom is -0.313 e. The summed E-state index contributed by atoms with van der Waals surface area (Å²) < 4.78 is 0. The molecule has 0 bridgehead atoms. The van der Waals surface area contributed by atoms with Crippen molar-refractivity contribution >= 4 is 11.8 Å². The summed E-state index contributed by atoms with van der Waals surface area (Å²) in [5, 5.41) is 4.54. The maximum Gasteiger partial charge on any atom is 0.0184 e. The number of thioether (sulfide) groups is 1. The number of hydrogen-bond donors (Lipinski definition) is 1. The SMILES string of the molecule is CC1SCCCC1NCCCCN(C)C(C)C. The Kier molecular flexibility index (Phi) is 7.56. The zero-order valence-corrected chi connectivity index (χ0v) is 12.9. The Balaban J connectivity index is 2.00. The van der Waals surface area contributed by atoms with Gasteiger partial charge >= 0.3 is 0 Å². The molecule has 0 aliphatic carbocycles. The first-order valence-corrected chi connectivity index (χ1v) is 8.21. The van der Waals surface area contributed by atoms with Gasteiger partial charge in [-0.25, -0.2) is 0 Å². The molecule has 102 valence electrons. The van der Waals surface area contributed by atoms with Gasteiger partial charge in [0.25, 0.3) is 0 Å². The van der Waals surface area contributed by atoms with Gasteiger partial charge in [0, 0.05) is 17.3 Å². The maximum absolute atomic E-state index is 3.73. The van der Waals surface area contributed by atoms with E-state index >= 15 is 0 Å². The zero-order valence-electron chi connectivity index (χ0n) is 12.0. The first-order chi connectivity index (χ1) is 8.11. The van der Waals surface area contributed by atoms with E-state index in [1.54, 1.807) is 0 Å². The van der Waals surface area contributed by atoms with Crippen LogP contribution in [-0.2, 0) is 0 Å². The zero-order chi connectivity index (χ0) is 12.7. The van der Waals surface area contributed by atoms with Crippen molar-refractivity contribution < 1.29 is 0 Å². The van der Waals surface area contributed by atoms with Crippen LogP contribution in [0.4, 0.5) is 0 Å². The molecule has 1 saturated heterocycles. The topological polar surface area (TPSA) is 15.3 Å². The van der Waals surface area contributed by atoms with Crippen LogP contribution in [0.5, 0.6) is 0 Å². The summed E-state index contributed by atoms with van der Waals surface area (Å²) >= 11 is 2.13. The molecule has 17 heavy (non-hydrogen) atoms. The van der Waals surface area contributed by atoms with Crippen LogP contribution in [0.15, 0.2) is 0 Å². The van der Waals surface area contributed by atoms with Gasteiger partial charge in [0.05, 0.1) is 0 Å². The van der Waals surface area contributed by atoms with E-state index in [2.05, 4.69) is 49.8 Å². The van der Waals surface area contributed by atoms with Crippen molar-refractivity contribution in [3.05, 3.63) is 0 Å². The maximum atomic E-state index is 3.73. The average Bonchev–Trinajstić information content (AvgIpc) is 2.30. The van der Waals surface area contributed by atoms with E-state index in [9.17, 15) is 0 Å². The Hall–Kier alpha value is 0.270. The van der Waals surface area contributed by atoms with Crippen molar-refractivity contribution in [3.8, 4) is 0 Å². The first-order valence-electron chi connectivity index (χ1n) is 7.16. The van der Waals surface area contributed by atoms with Gasteiger partial charge in [-0.05, 0) is 65.4 Å². The molecule has 0 radical (unpaired) electrons. The van der Waals surface area contributed by atoms with Gasteiger partial charge in [0.2, 0.25) is 0 Å². The molecule has 0 aromatic carbocycles. The number of hydrogen-bond acceptors (Lipinski definition) is 3. The Morgan fingerprint density at radius 1 is 1.35 bits per heavy atom. The molecular formula is C14H30N2S. The predicted octanol–water partition coefficient (Wildman–Crippen LogP) is 2.98. The summed E-state index contributed by atoms with van der Waals surface area (Å²) in [5.74, 6) is 1.36. The summed E-state index contributed by atoms with van der Waals surface area (Å²) in [4.78, 5) is 2.43. The Bertz CT molecular complexity index is 197. The molecule has 0 saturated carbocycles. The lowest BCUT2D eigenvalue weighted by Gasteiger charge is -2.29. The lowest BCUT2D eigenvalue weighted by atomic mass is 10.1. The van der Waals surface area contributed by atoms with Crippen LogP contribution < -0.4 is 5.32 Å². The highest BCUT2D eigenvalue weighted by Gasteiger charge is 2.20. The van der Waals surface area contributed by atoms with Crippen molar-refractivity contribution in [1.29, 1.82) is 0 Å². The highest BCUT2D eigenvalue weighted by atomic mass is 32.2. The highest BCUT2D eigenvalue weighted by Crippen LogP contribution is 2.24. The van der Waals surface area contributed by atoms with Crippen LogP contribution in [0.1, 0.15) is 46.5 Å². The fourth-order valence-electron chi connectivity index (χ4n) is 2.22. The number of nitrogens with one attached hydrogen (secondary N) is 1. The molecule has 1 heterocycles. The van der Waals surface area contributed by atoms with Gasteiger partial charge < -0.3 is 10.2 Å². The molecule has 1 fully saturated rings. The van der Waals surface area contributed by atoms with Crippen LogP contribution in [0.2, 0.25) is 0 Å². The van der Waals surface area contributed by atoms with E-state index in [1.807, 2.05) is 0 Å². The van der Waals surface area contributed by atoms with Crippen molar-refractivity contribution in [2.45, 2.75) is 63.8 Å². The molecule has 3 heteroatoms. The van der Waals surface area contributed by atoms with Gasteiger partial charge in [-0.15, -0.1) is 0 Å². The second kappa shape index (κ2) is 8.39. The predicted molar refractivity (Wildman–Crippen MR) is 79.9 cm³/mol. The molecule has 1 N–H and O–H groups in total. The van der Waals surface area contributed by atoms with Gasteiger partial charge in [-0.1, -0.05) is 6.92 Å². The third-order valence-electron chi connectivity index (χ3n) is 3.83. The molecule has 2 unspecified atom stereocenters. The molecule has 0 aromatic heterocycles. The smallest absolute Gasteiger partial charge is 0.0184 e. The Labute approximate surface area is 112 Å². The molecule has 1 rings (SSSR count). The number of rotatable bonds is 7. The number of unbranched alkanes of at least 4 members (excludes halogenated alkanes) is 1. The quantitative estimate of drug-likeness (QED) is 0.707. The van der Waals surface area contributed by atoms with E-state index in [0.29, 0.717) is 6.04 Å². The van der Waals surface area contributed by atoms with Crippen LogP contribution in [0.25, 0.3) is 0 Å². The van der Waals surface area contributed by atoms with E-state index in [-0.39, 0.29) is 0 Å². The Morgan fingerprint density at radius 2 is 2.12 bits per heavy atom. The summed E-state index contributed by atoms with van der Waals surface area (Å²) in [7, 11) is 2.22. The third kappa shape index (κ3) is 6.12. The number of nitrogens with zero attached hydrogens (tertiary/aromatic N) is 1. The van der Waals surface area contributed by atoms with Crippen LogP contribution in [0.3, 0.4) is 0 Å². The Morgan fingerprint density at radius 3 is 2.76 bits per heavy atom. The monoisotopic (exact) mass is 258 g/mol. The summed E-state index contributed by atoms with van der Waals surface area (Å²) in [6.45, 7) is 9.32. The van der Waals surface area contributed by atoms with Crippen molar-refractivity contribution in [2.24, 2.45) is 0 Å². The van der Waals surface area contributed by atoms with E-state index in [4.69, 9.17) is 0 Å². The molecule has 2 atom stereocenters. The van der Waals surface area contributed by atoms with Gasteiger partial charge in [0.15, 0.2) is 0 Å². The van der Waals surface area contributed by atoms with Gasteiger partial charge in [-0.2, -0.15) is 11.8 Å². The second-order valence-electron chi connectivity index (χ2n) is 5.56. The van der Waals surface area contributed by atoms with Crippen LogP contribution in [-0.4, -0.2) is 48.1 Å². The summed E-state index contributed by atoms with van der Waals surface area (Å²) in [6, 6.07) is 1.44. The normalized spacial score (nSPS) is 25.8. The van der Waals surface area contributed by atoms with E-state index in [0.717, 1.165) is 11.3 Å². The minimum atomic E-state index is 0.678. The van der Waals surface area contributed by atoms with Gasteiger partial charge in [0.1, 0.15) is 0 Å². The standard InChI is InChI=1S/C14H30N2S/c1-12(2)16(4)10-6-5-9-15-14-8-7-11-17-13(14)3/h12-15H,5-11H2,1-4H3. The fraction of sp³-hybridized carbons (Fsp3) is 1.00. The molecule has 1 aliphatic heterocycles. The third-order valence-corrected chi connectivity index (χ3v) is 5.21. The molecule has 0 amide bonds. The largest absolute Gasteiger partial charge is 0.313 e. The van der Waals surface area contributed by atoms with Crippen LogP contribution >= 0.6 is 11.8 Å². The van der Waals surface area contributed by atoms with E-state index in [1.165, 1.54) is 44.5 Å². The van der Waals surface area contributed by atoms with E-state index < -0.39 is 0 Å².